The van der Waals surface area contributed by atoms with E-state index in [4.69, 9.17) is 4.74 Å². The fraction of sp³-hybridized carbons (Fsp3) is 0.375. The summed E-state index contributed by atoms with van der Waals surface area (Å²) >= 11 is 0. The molecule has 3 aliphatic rings. The Bertz CT molecular complexity index is 1010. The number of carboxylic acids is 1. The number of carbonyl (C=O) groups excluding carboxylic acids is 2. The molecule has 0 heterocycles. The van der Waals surface area contributed by atoms with Crippen LogP contribution in [0.25, 0.3) is 11.1 Å². The molecule has 2 saturated carbocycles. The zero-order valence-electron chi connectivity index (χ0n) is 17.0. The Morgan fingerprint density at radius 3 is 2.10 bits per heavy atom. The standard InChI is InChI=1S/C24H24N2O5/c27-21(26-24(11-12-24)22(28)29)20(14-9-10-14)25-23(30)31-13-19-17-7-3-1-5-15(17)16-6-2-4-8-18(16)19/h1-8,14,19-20H,9-13H2,(H,25,30)(H,26,27)(H,28,29). The Morgan fingerprint density at radius 2 is 1.58 bits per heavy atom. The second-order valence-electron chi connectivity index (χ2n) is 8.66. The Morgan fingerprint density at radius 1 is 1.00 bits per heavy atom. The van der Waals surface area contributed by atoms with E-state index >= 15 is 0 Å². The van der Waals surface area contributed by atoms with Crippen molar-refractivity contribution in [3.8, 4) is 11.1 Å². The van der Waals surface area contributed by atoms with Crippen LogP contribution in [0, 0.1) is 5.92 Å². The number of amides is 2. The summed E-state index contributed by atoms with van der Waals surface area (Å²) in [6.07, 6.45) is 1.81. The van der Waals surface area contributed by atoms with Crippen molar-refractivity contribution in [2.75, 3.05) is 6.61 Å². The van der Waals surface area contributed by atoms with Gasteiger partial charge in [-0.1, -0.05) is 48.5 Å². The third kappa shape index (κ3) is 3.65. The lowest BCUT2D eigenvalue weighted by molar-refractivity contribution is -0.143. The largest absolute Gasteiger partial charge is 0.480 e. The molecule has 0 saturated heterocycles. The van der Waals surface area contributed by atoms with E-state index < -0.39 is 29.6 Å². The predicted molar refractivity (Wildman–Crippen MR) is 112 cm³/mol. The fourth-order valence-corrected chi connectivity index (χ4v) is 4.42. The normalized spacial score (nSPS) is 19.0. The lowest BCUT2D eigenvalue weighted by Gasteiger charge is -2.21. The topological polar surface area (TPSA) is 105 Å². The maximum Gasteiger partial charge on any atom is 0.407 e. The minimum absolute atomic E-state index is 0.0186. The van der Waals surface area contributed by atoms with E-state index in [2.05, 4.69) is 22.8 Å². The molecule has 160 valence electrons. The van der Waals surface area contributed by atoms with Crippen molar-refractivity contribution >= 4 is 18.0 Å². The number of nitrogens with one attached hydrogen (secondary N) is 2. The molecule has 0 bridgehead atoms. The van der Waals surface area contributed by atoms with E-state index in [-0.39, 0.29) is 18.4 Å². The number of hydrogen-bond donors (Lipinski definition) is 3. The molecule has 7 nitrogen and oxygen atoms in total. The molecule has 5 rings (SSSR count). The summed E-state index contributed by atoms with van der Waals surface area (Å²) in [7, 11) is 0. The van der Waals surface area contributed by atoms with Gasteiger partial charge in [0.2, 0.25) is 5.91 Å². The monoisotopic (exact) mass is 420 g/mol. The van der Waals surface area contributed by atoms with Crippen LogP contribution in [0.4, 0.5) is 4.79 Å². The van der Waals surface area contributed by atoms with E-state index in [0.717, 1.165) is 35.1 Å². The Balaban J connectivity index is 1.24. The van der Waals surface area contributed by atoms with Gasteiger partial charge in [-0.25, -0.2) is 9.59 Å². The second kappa shape index (κ2) is 7.41. The molecule has 7 heteroatoms. The first-order valence-electron chi connectivity index (χ1n) is 10.7. The Hall–Kier alpha value is -3.35. The van der Waals surface area contributed by atoms with E-state index in [1.807, 2.05) is 36.4 Å². The fourth-order valence-electron chi connectivity index (χ4n) is 4.42. The third-order valence-electron chi connectivity index (χ3n) is 6.51. The maximum atomic E-state index is 12.7. The SMILES string of the molecule is O=C(NC(C(=O)NC1(C(=O)O)CC1)C1CC1)OCC1c2ccccc2-c2ccccc21. The number of benzene rings is 2. The number of hydrogen-bond acceptors (Lipinski definition) is 4. The summed E-state index contributed by atoms with van der Waals surface area (Å²) < 4.78 is 5.55. The van der Waals surface area contributed by atoms with Crippen LogP contribution in [0.1, 0.15) is 42.7 Å². The van der Waals surface area contributed by atoms with Crippen LogP contribution < -0.4 is 10.6 Å². The molecule has 2 aromatic carbocycles. The third-order valence-corrected chi connectivity index (χ3v) is 6.51. The molecule has 2 amide bonds. The average molecular weight is 420 g/mol. The van der Waals surface area contributed by atoms with Crippen molar-refractivity contribution in [1.29, 1.82) is 0 Å². The molecule has 31 heavy (non-hydrogen) atoms. The first-order valence-corrected chi connectivity index (χ1v) is 10.7. The first kappa shape index (κ1) is 19.6. The van der Waals surface area contributed by atoms with Crippen LogP contribution >= 0.6 is 0 Å². The Kier molecular flexibility index (Phi) is 4.68. The molecule has 1 atom stereocenters. The molecule has 0 aromatic heterocycles. The molecular weight excluding hydrogens is 396 g/mol. The quantitative estimate of drug-likeness (QED) is 0.639. The van der Waals surface area contributed by atoms with Gasteiger partial charge in [0, 0.05) is 5.92 Å². The van der Waals surface area contributed by atoms with Gasteiger partial charge in [-0.15, -0.1) is 0 Å². The maximum absolute atomic E-state index is 12.7. The summed E-state index contributed by atoms with van der Waals surface area (Å²) in [5.74, 6) is -1.52. The summed E-state index contributed by atoms with van der Waals surface area (Å²) in [5, 5.41) is 14.6. The molecule has 1 unspecified atom stereocenters. The Labute approximate surface area is 179 Å². The van der Waals surface area contributed by atoms with Gasteiger partial charge >= 0.3 is 12.1 Å². The second-order valence-corrected chi connectivity index (χ2v) is 8.66. The molecule has 3 aliphatic carbocycles. The highest BCUT2D eigenvalue weighted by Crippen LogP contribution is 2.44. The number of aliphatic carboxylic acids is 1. The number of carbonyl (C=O) groups is 3. The van der Waals surface area contributed by atoms with Crippen molar-refractivity contribution in [2.45, 2.75) is 43.2 Å². The minimum atomic E-state index is -1.17. The van der Waals surface area contributed by atoms with Crippen LogP contribution in [0.15, 0.2) is 48.5 Å². The van der Waals surface area contributed by atoms with Gasteiger partial charge in [-0.2, -0.15) is 0 Å². The molecule has 3 N–H and O–H groups in total. The van der Waals surface area contributed by atoms with Gasteiger partial charge in [0.25, 0.3) is 0 Å². The molecule has 0 radical (unpaired) electrons. The van der Waals surface area contributed by atoms with E-state index in [1.54, 1.807) is 0 Å². The van der Waals surface area contributed by atoms with Crippen LogP contribution in [-0.4, -0.2) is 41.3 Å². The minimum Gasteiger partial charge on any atom is -0.480 e. The predicted octanol–water partition coefficient (Wildman–Crippen LogP) is 3.04. The van der Waals surface area contributed by atoms with Gasteiger partial charge in [0.15, 0.2) is 0 Å². The van der Waals surface area contributed by atoms with E-state index in [0.29, 0.717) is 12.8 Å². The molecule has 2 aromatic rings. The smallest absolute Gasteiger partial charge is 0.407 e. The van der Waals surface area contributed by atoms with Crippen molar-refractivity contribution < 1.29 is 24.2 Å². The van der Waals surface area contributed by atoms with Crippen molar-refractivity contribution in [2.24, 2.45) is 5.92 Å². The number of alkyl carbamates (subject to hydrolysis) is 1. The zero-order chi connectivity index (χ0) is 21.6. The molecule has 0 spiro atoms. The highest BCUT2D eigenvalue weighted by Gasteiger charge is 2.53. The van der Waals surface area contributed by atoms with Gasteiger partial charge in [-0.05, 0) is 53.9 Å². The zero-order valence-corrected chi connectivity index (χ0v) is 17.0. The van der Waals surface area contributed by atoms with Crippen LogP contribution in [0.5, 0.6) is 0 Å². The lowest BCUT2D eigenvalue weighted by atomic mass is 9.98. The summed E-state index contributed by atoms with van der Waals surface area (Å²) in [5.41, 5.74) is 3.35. The van der Waals surface area contributed by atoms with E-state index in [1.165, 1.54) is 0 Å². The molecular formula is C24H24N2O5. The van der Waals surface area contributed by atoms with E-state index in [9.17, 15) is 19.5 Å². The molecule has 2 fully saturated rings. The van der Waals surface area contributed by atoms with Crippen LogP contribution in [-0.2, 0) is 14.3 Å². The highest BCUT2D eigenvalue weighted by atomic mass is 16.5. The van der Waals surface area contributed by atoms with Crippen molar-refractivity contribution in [3.05, 3.63) is 59.7 Å². The molecule has 0 aliphatic heterocycles. The average Bonchev–Trinajstić information content (AvgIpc) is 3.69. The number of rotatable bonds is 7. The number of fused-ring (bicyclic) bond motifs is 3. The summed E-state index contributed by atoms with van der Waals surface area (Å²) in [6, 6.07) is 15.4. The van der Waals surface area contributed by atoms with Gasteiger partial charge in [0.05, 0.1) is 0 Å². The first-order chi connectivity index (χ1) is 15.0. The van der Waals surface area contributed by atoms with Crippen LogP contribution in [0.3, 0.4) is 0 Å². The van der Waals surface area contributed by atoms with Gasteiger partial charge < -0.3 is 20.5 Å². The van der Waals surface area contributed by atoms with Gasteiger partial charge in [-0.3, -0.25) is 4.79 Å². The number of carboxylic acid groups (broad SMARTS) is 1. The summed E-state index contributed by atoms with van der Waals surface area (Å²) in [4.78, 5) is 36.6. The van der Waals surface area contributed by atoms with Crippen molar-refractivity contribution in [1.82, 2.24) is 10.6 Å². The van der Waals surface area contributed by atoms with Crippen molar-refractivity contribution in [3.63, 3.8) is 0 Å². The lowest BCUT2D eigenvalue weighted by Crippen LogP contribution is -2.53. The highest BCUT2D eigenvalue weighted by molar-refractivity contribution is 5.93. The summed E-state index contributed by atoms with van der Waals surface area (Å²) in [6.45, 7) is 0.165. The number of ether oxygens (including phenoxy) is 1. The van der Waals surface area contributed by atoms with Crippen LogP contribution in [0.2, 0.25) is 0 Å². The van der Waals surface area contributed by atoms with Gasteiger partial charge in [0.1, 0.15) is 18.2 Å².